The Kier molecular flexibility index (Phi) is 5.39. The topological polar surface area (TPSA) is 48.5 Å². The molecule has 2 aromatic rings. The number of piperazine rings is 1. The van der Waals surface area contributed by atoms with Crippen LogP contribution in [0.3, 0.4) is 0 Å². The number of anilines is 1. The van der Waals surface area contributed by atoms with Crippen molar-refractivity contribution in [2.75, 3.05) is 44.7 Å². The van der Waals surface area contributed by atoms with Crippen LogP contribution in [0.5, 0.6) is 0 Å². The van der Waals surface area contributed by atoms with Gasteiger partial charge in [0.1, 0.15) is 0 Å². The van der Waals surface area contributed by atoms with Gasteiger partial charge in [-0.2, -0.15) is 0 Å². The minimum absolute atomic E-state index is 0. The standard InChI is InChI=1S/C14H18N4OS.ClH/c1-15-10-13(19)17-6-8-18(9-7-17)14-16-11-4-2-3-5-12(11)20-14;/h2-5,15H,6-10H2,1H3;1H. The molecule has 1 aromatic carbocycles. The van der Waals surface area contributed by atoms with Crippen molar-refractivity contribution in [1.82, 2.24) is 15.2 Å². The summed E-state index contributed by atoms with van der Waals surface area (Å²) in [5.74, 6) is 0.177. The number of benzene rings is 1. The fraction of sp³-hybridized carbons (Fsp3) is 0.429. The Morgan fingerprint density at radius 3 is 2.67 bits per heavy atom. The van der Waals surface area contributed by atoms with E-state index in [9.17, 15) is 4.79 Å². The third kappa shape index (κ3) is 3.45. The molecular weight excluding hydrogens is 308 g/mol. The fourth-order valence-corrected chi connectivity index (χ4v) is 3.42. The molecule has 1 N–H and O–H groups in total. The van der Waals surface area contributed by atoms with Crippen molar-refractivity contribution in [2.45, 2.75) is 0 Å². The molecule has 0 radical (unpaired) electrons. The van der Waals surface area contributed by atoms with Crippen molar-refractivity contribution in [3.8, 4) is 0 Å². The minimum atomic E-state index is 0. The van der Waals surface area contributed by atoms with E-state index in [1.54, 1.807) is 18.4 Å². The van der Waals surface area contributed by atoms with Gasteiger partial charge in [0.15, 0.2) is 5.13 Å². The van der Waals surface area contributed by atoms with Crippen molar-refractivity contribution in [3.05, 3.63) is 24.3 Å². The number of carbonyl (C=O) groups excluding carboxylic acids is 1. The number of hydrogen-bond acceptors (Lipinski definition) is 5. The quantitative estimate of drug-likeness (QED) is 0.930. The van der Waals surface area contributed by atoms with E-state index < -0.39 is 0 Å². The Morgan fingerprint density at radius 1 is 1.29 bits per heavy atom. The van der Waals surface area contributed by atoms with Crippen molar-refractivity contribution < 1.29 is 4.79 Å². The van der Waals surface area contributed by atoms with E-state index in [1.807, 2.05) is 23.1 Å². The van der Waals surface area contributed by atoms with Gasteiger partial charge >= 0.3 is 0 Å². The Labute approximate surface area is 134 Å². The van der Waals surface area contributed by atoms with Crippen LogP contribution in [-0.4, -0.2) is 55.6 Å². The summed E-state index contributed by atoms with van der Waals surface area (Å²) >= 11 is 1.72. The molecule has 1 fully saturated rings. The van der Waals surface area contributed by atoms with Crippen LogP contribution in [0.2, 0.25) is 0 Å². The molecule has 0 aliphatic carbocycles. The van der Waals surface area contributed by atoms with Crippen LogP contribution >= 0.6 is 23.7 Å². The number of amides is 1. The number of nitrogens with zero attached hydrogens (tertiary/aromatic N) is 3. The first kappa shape index (κ1) is 16.0. The molecule has 2 heterocycles. The number of carbonyl (C=O) groups is 1. The maximum absolute atomic E-state index is 11.8. The van der Waals surface area contributed by atoms with Crippen molar-refractivity contribution >= 4 is 45.0 Å². The maximum atomic E-state index is 11.8. The molecule has 0 saturated carbocycles. The summed E-state index contributed by atoms with van der Waals surface area (Å²) in [6, 6.07) is 8.20. The molecule has 1 saturated heterocycles. The highest BCUT2D eigenvalue weighted by molar-refractivity contribution is 7.22. The number of halogens is 1. The van der Waals surface area contributed by atoms with Crippen molar-refractivity contribution in [2.24, 2.45) is 0 Å². The first-order valence-electron chi connectivity index (χ1n) is 6.81. The number of para-hydroxylation sites is 1. The number of hydrogen-bond donors (Lipinski definition) is 1. The molecular formula is C14H19ClN4OS. The minimum Gasteiger partial charge on any atom is -0.345 e. The zero-order valence-corrected chi connectivity index (χ0v) is 13.5. The van der Waals surface area contributed by atoms with Gasteiger partial charge in [-0.3, -0.25) is 4.79 Å². The molecule has 0 atom stereocenters. The average molecular weight is 327 g/mol. The third-order valence-corrected chi connectivity index (χ3v) is 4.61. The number of thiazole rings is 1. The Balaban J connectivity index is 0.00000161. The SMILES string of the molecule is CNCC(=O)N1CCN(c2nc3ccccc3s2)CC1.Cl. The molecule has 0 spiro atoms. The second-order valence-corrected chi connectivity index (χ2v) is 5.87. The van der Waals surface area contributed by atoms with Crippen LogP contribution in [0, 0.1) is 0 Å². The molecule has 7 heteroatoms. The summed E-state index contributed by atoms with van der Waals surface area (Å²) in [5, 5.41) is 3.97. The van der Waals surface area contributed by atoms with Crippen molar-refractivity contribution in [3.63, 3.8) is 0 Å². The van der Waals surface area contributed by atoms with E-state index in [-0.39, 0.29) is 18.3 Å². The van der Waals surface area contributed by atoms with Crippen LogP contribution in [0.4, 0.5) is 5.13 Å². The van der Waals surface area contributed by atoms with Gasteiger partial charge in [0, 0.05) is 26.2 Å². The number of fused-ring (bicyclic) bond motifs is 1. The Morgan fingerprint density at radius 2 is 2.00 bits per heavy atom. The van der Waals surface area contributed by atoms with E-state index in [2.05, 4.69) is 21.3 Å². The summed E-state index contributed by atoms with van der Waals surface area (Å²) in [6.07, 6.45) is 0. The van der Waals surface area contributed by atoms with Gasteiger partial charge in [-0.15, -0.1) is 12.4 Å². The second-order valence-electron chi connectivity index (χ2n) is 4.86. The zero-order chi connectivity index (χ0) is 13.9. The number of nitrogens with one attached hydrogen (secondary N) is 1. The molecule has 0 unspecified atom stereocenters. The monoisotopic (exact) mass is 326 g/mol. The lowest BCUT2D eigenvalue weighted by Crippen LogP contribution is -2.50. The van der Waals surface area contributed by atoms with Gasteiger partial charge in [0.2, 0.25) is 5.91 Å². The van der Waals surface area contributed by atoms with Gasteiger partial charge in [-0.05, 0) is 19.2 Å². The molecule has 5 nitrogen and oxygen atoms in total. The first-order chi connectivity index (χ1) is 9.78. The van der Waals surface area contributed by atoms with E-state index >= 15 is 0 Å². The summed E-state index contributed by atoms with van der Waals surface area (Å²) < 4.78 is 1.22. The number of likely N-dealkylation sites (N-methyl/N-ethyl adjacent to an activating group) is 1. The highest BCUT2D eigenvalue weighted by atomic mass is 35.5. The van der Waals surface area contributed by atoms with Crippen LogP contribution in [0.1, 0.15) is 0 Å². The summed E-state index contributed by atoms with van der Waals surface area (Å²) in [5.41, 5.74) is 1.06. The van der Waals surface area contributed by atoms with E-state index in [1.165, 1.54) is 4.70 Å². The third-order valence-electron chi connectivity index (χ3n) is 3.51. The Hall–Kier alpha value is -1.37. The summed E-state index contributed by atoms with van der Waals surface area (Å²) in [7, 11) is 1.80. The van der Waals surface area contributed by atoms with E-state index in [0.717, 1.165) is 36.8 Å². The maximum Gasteiger partial charge on any atom is 0.236 e. The molecule has 1 aromatic heterocycles. The van der Waals surface area contributed by atoms with E-state index in [4.69, 9.17) is 0 Å². The second kappa shape index (κ2) is 7.06. The largest absolute Gasteiger partial charge is 0.345 e. The highest BCUT2D eigenvalue weighted by Crippen LogP contribution is 2.28. The first-order valence-corrected chi connectivity index (χ1v) is 7.62. The fourth-order valence-electron chi connectivity index (χ4n) is 2.41. The smallest absolute Gasteiger partial charge is 0.236 e. The molecule has 21 heavy (non-hydrogen) atoms. The molecule has 114 valence electrons. The predicted octanol–water partition coefficient (Wildman–Crippen LogP) is 1.59. The molecule has 1 aliphatic rings. The zero-order valence-electron chi connectivity index (χ0n) is 11.9. The lowest BCUT2D eigenvalue weighted by Gasteiger charge is -2.34. The Bertz CT molecular complexity index is 577. The van der Waals surface area contributed by atoms with Crippen LogP contribution in [-0.2, 0) is 4.79 Å². The number of rotatable bonds is 3. The lowest BCUT2D eigenvalue weighted by atomic mass is 10.3. The van der Waals surface area contributed by atoms with Crippen LogP contribution < -0.4 is 10.2 Å². The predicted molar refractivity (Wildman–Crippen MR) is 89.6 cm³/mol. The average Bonchev–Trinajstić information content (AvgIpc) is 2.91. The summed E-state index contributed by atoms with van der Waals surface area (Å²) in [6.45, 7) is 3.68. The van der Waals surface area contributed by atoms with Gasteiger partial charge in [-0.1, -0.05) is 23.5 Å². The molecule has 0 bridgehead atoms. The van der Waals surface area contributed by atoms with Gasteiger partial charge in [0.05, 0.1) is 16.8 Å². The van der Waals surface area contributed by atoms with Gasteiger partial charge < -0.3 is 15.1 Å². The van der Waals surface area contributed by atoms with Crippen LogP contribution in [0.25, 0.3) is 10.2 Å². The lowest BCUT2D eigenvalue weighted by molar-refractivity contribution is -0.130. The van der Waals surface area contributed by atoms with Crippen molar-refractivity contribution in [1.29, 1.82) is 0 Å². The van der Waals surface area contributed by atoms with Gasteiger partial charge in [0.25, 0.3) is 0 Å². The molecule has 1 aliphatic heterocycles. The van der Waals surface area contributed by atoms with E-state index in [0.29, 0.717) is 6.54 Å². The number of aromatic nitrogens is 1. The van der Waals surface area contributed by atoms with Gasteiger partial charge in [-0.25, -0.2) is 4.98 Å². The van der Waals surface area contributed by atoms with Crippen LogP contribution in [0.15, 0.2) is 24.3 Å². The summed E-state index contributed by atoms with van der Waals surface area (Å²) in [4.78, 5) is 20.7. The molecule has 3 rings (SSSR count). The highest BCUT2D eigenvalue weighted by Gasteiger charge is 2.22. The normalized spacial score (nSPS) is 15.1. The molecule has 1 amide bonds.